The summed E-state index contributed by atoms with van der Waals surface area (Å²) in [7, 11) is 1.64. The van der Waals surface area contributed by atoms with E-state index in [-0.39, 0.29) is 29.8 Å². The molecule has 0 unspecified atom stereocenters. The lowest BCUT2D eigenvalue weighted by atomic mass is 9.94. The Labute approximate surface area is 201 Å². The second-order valence-electron chi connectivity index (χ2n) is 8.88. The number of rotatable bonds is 13. The summed E-state index contributed by atoms with van der Waals surface area (Å²) in [6.45, 7) is 2.26. The molecule has 5 N–H and O–H groups in total. The van der Waals surface area contributed by atoms with Gasteiger partial charge in [0.2, 0.25) is 0 Å². The molecule has 0 aromatic heterocycles. The molecule has 0 amide bonds. The van der Waals surface area contributed by atoms with E-state index in [0.29, 0.717) is 44.0 Å². The van der Waals surface area contributed by atoms with Crippen LogP contribution in [0.5, 0.6) is 11.5 Å². The number of carbonyl (C=O) groups excluding carboxylic acids is 2. The minimum Gasteiger partial charge on any atom is -0.504 e. The maximum atomic E-state index is 12.4. The van der Waals surface area contributed by atoms with E-state index in [9.17, 15) is 14.7 Å². The lowest BCUT2D eigenvalue weighted by Gasteiger charge is -2.22. The molecule has 186 valence electrons. The number of guanidine groups is 1. The van der Waals surface area contributed by atoms with E-state index in [4.69, 9.17) is 10.5 Å². The molecule has 0 fully saturated rings. The zero-order chi connectivity index (χ0) is 24.3. The van der Waals surface area contributed by atoms with Crippen LogP contribution in [-0.2, 0) is 22.4 Å². The molecule has 9 heteroatoms. The quantitative estimate of drug-likeness (QED) is 0.195. The van der Waals surface area contributed by atoms with Gasteiger partial charge in [-0.05, 0) is 50.2 Å². The number of nitrogens with two attached hydrogens (primary N) is 1. The van der Waals surface area contributed by atoms with Crippen LogP contribution in [0.2, 0.25) is 0 Å². The van der Waals surface area contributed by atoms with Crippen molar-refractivity contribution in [1.29, 1.82) is 0 Å². The molecule has 0 saturated carbocycles. The largest absolute Gasteiger partial charge is 0.504 e. The zero-order valence-corrected chi connectivity index (χ0v) is 20.0. The third-order valence-corrected chi connectivity index (χ3v) is 6.29. The molecule has 2 aliphatic heterocycles. The van der Waals surface area contributed by atoms with Crippen molar-refractivity contribution in [1.82, 2.24) is 15.5 Å². The average Bonchev–Trinajstić information content (AvgIpc) is 3.36. The number of aromatic hydroxyl groups is 1. The van der Waals surface area contributed by atoms with Crippen molar-refractivity contribution in [2.45, 2.75) is 63.8 Å². The van der Waals surface area contributed by atoms with Crippen LogP contribution in [0.25, 0.3) is 0 Å². The van der Waals surface area contributed by atoms with Crippen LogP contribution in [0.3, 0.4) is 0 Å². The first-order valence-corrected chi connectivity index (χ1v) is 12.1. The van der Waals surface area contributed by atoms with Gasteiger partial charge < -0.3 is 31.1 Å². The van der Waals surface area contributed by atoms with Crippen LogP contribution < -0.4 is 21.1 Å². The van der Waals surface area contributed by atoms with Gasteiger partial charge in [0.1, 0.15) is 11.6 Å². The van der Waals surface area contributed by atoms with Gasteiger partial charge >= 0.3 is 0 Å². The summed E-state index contributed by atoms with van der Waals surface area (Å²) < 4.78 is 5.59. The Morgan fingerprint density at radius 3 is 2.88 bits per heavy atom. The number of ketones is 2. The van der Waals surface area contributed by atoms with Gasteiger partial charge in [0.05, 0.1) is 19.7 Å². The molecule has 0 bridgehead atoms. The maximum Gasteiger partial charge on any atom is 0.188 e. The lowest BCUT2D eigenvalue weighted by molar-refractivity contribution is -0.127. The van der Waals surface area contributed by atoms with E-state index >= 15 is 0 Å². The highest BCUT2D eigenvalue weighted by Gasteiger charge is 2.19. The van der Waals surface area contributed by atoms with Crippen LogP contribution in [0.4, 0.5) is 0 Å². The molecule has 0 spiro atoms. The van der Waals surface area contributed by atoms with Crippen molar-refractivity contribution in [2.75, 3.05) is 26.9 Å². The number of hydrogen-bond acceptors (Lipinski definition) is 7. The van der Waals surface area contributed by atoms with Gasteiger partial charge in [-0.1, -0.05) is 6.07 Å². The van der Waals surface area contributed by atoms with E-state index in [1.807, 2.05) is 18.5 Å². The number of aliphatic imine (C=N–C) groups is 1. The number of Topliss-reactive ketones (excluding diaryl/α,β-unsaturated/α-hetero) is 2. The molecule has 1 atom stereocenters. The van der Waals surface area contributed by atoms with E-state index < -0.39 is 0 Å². The number of hydrogen-bond donors (Lipinski definition) is 4. The minimum atomic E-state index is -0.0473. The zero-order valence-electron chi connectivity index (χ0n) is 20.0. The summed E-state index contributed by atoms with van der Waals surface area (Å²) in [5.41, 5.74) is 7.85. The molecule has 0 aliphatic carbocycles. The number of benzene rings is 1. The molecule has 1 aromatic carbocycles. The molecule has 0 saturated heterocycles. The monoisotopic (exact) mass is 471 g/mol. The molecule has 2 heterocycles. The van der Waals surface area contributed by atoms with Crippen LogP contribution in [0.15, 0.2) is 29.5 Å². The summed E-state index contributed by atoms with van der Waals surface area (Å²) in [6.07, 6.45) is 9.22. The topological polar surface area (TPSA) is 129 Å². The number of fused-ring (bicyclic) bond motifs is 1. The molecule has 34 heavy (non-hydrogen) atoms. The fourth-order valence-electron chi connectivity index (χ4n) is 4.38. The fraction of sp³-hybridized carbons (Fsp3) is 0.560. The highest BCUT2D eigenvalue weighted by atomic mass is 16.5. The normalized spacial score (nSPS) is 15.9. The van der Waals surface area contributed by atoms with Gasteiger partial charge in [0.15, 0.2) is 17.5 Å². The number of nitrogens with zero attached hydrogens (tertiary/aromatic N) is 2. The van der Waals surface area contributed by atoms with E-state index in [1.165, 1.54) is 0 Å². The molecule has 0 radical (unpaired) electrons. The Morgan fingerprint density at radius 2 is 2.12 bits per heavy atom. The van der Waals surface area contributed by atoms with Crippen molar-refractivity contribution in [3.8, 4) is 11.5 Å². The molecule has 3 rings (SSSR count). The Bertz CT molecular complexity index is 915. The first kappa shape index (κ1) is 25.4. The van der Waals surface area contributed by atoms with Gasteiger partial charge in [-0.2, -0.15) is 0 Å². The van der Waals surface area contributed by atoms with E-state index in [2.05, 4.69) is 20.5 Å². The van der Waals surface area contributed by atoms with Crippen LogP contribution in [-0.4, -0.2) is 60.4 Å². The molecular weight excluding hydrogens is 434 g/mol. The smallest absolute Gasteiger partial charge is 0.188 e. The van der Waals surface area contributed by atoms with Crippen molar-refractivity contribution >= 4 is 17.5 Å². The number of phenolic OH excluding ortho intramolecular Hbond substituents is 1. The Kier molecular flexibility index (Phi) is 9.61. The van der Waals surface area contributed by atoms with Crippen LogP contribution >= 0.6 is 0 Å². The number of phenols is 1. The molecular formula is C25H37N5O4. The number of ether oxygens (including phenoxy) is 1. The predicted octanol–water partition coefficient (Wildman–Crippen LogP) is 1.98. The minimum absolute atomic E-state index is 0.0244. The summed E-state index contributed by atoms with van der Waals surface area (Å²) in [5, 5.41) is 16.4. The molecule has 9 nitrogen and oxygen atoms in total. The second kappa shape index (κ2) is 12.9. The van der Waals surface area contributed by atoms with Gasteiger partial charge in [0.25, 0.3) is 0 Å². The van der Waals surface area contributed by atoms with Crippen molar-refractivity contribution in [3.63, 3.8) is 0 Å². The Balaban J connectivity index is 1.40. The third-order valence-electron chi connectivity index (χ3n) is 6.29. The standard InChI is InChI=1S/C25H37N5O4/c1-27-25(26)29-19(11-13-30-14-12-28-17-30)4-2-5-20(31)16-21(32)9-7-18-8-10-23(33)24-22(18)6-3-15-34-24/h8,10,12,14,19,28,33H,2-7,9,11,13,15-17H2,1H3,(H3,26,27,29)/t19-/m1/s1. The maximum absolute atomic E-state index is 12.4. The van der Waals surface area contributed by atoms with Crippen molar-refractivity contribution in [3.05, 3.63) is 35.7 Å². The third kappa shape index (κ3) is 7.67. The van der Waals surface area contributed by atoms with Crippen molar-refractivity contribution < 1.29 is 19.4 Å². The Hall–Kier alpha value is -3.23. The number of aryl methyl sites for hydroxylation is 1. The Morgan fingerprint density at radius 1 is 1.29 bits per heavy atom. The van der Waals surface area contributed by atoms with Crippen LogP contribution in [0.1, 0.15) is 56.1 Å². The summed E-state index contributed by atoms with van der Waals surface area (Å²) >= 11 is 0. The number of carbonyl (C=O) groups is 2. The predicted molar refractivity (Wildman–Crippen MR) is 132 cm³/mol. The van der Waals surface area contributed by atoms with E-state index in [0.717, 1.165) is 50.0 Å². The van der Waals surface area contributed by atoms with Crippen LogP contribution in [0, 0.1) is 0 Å². The van der Waals surface area contributed by atoms with Gasteiger partial charge in [-0.3, -0.25) is 14.6 Å². The van der Waals surface area contributed by atoms with Gasteiger partial charge in [0, 0.05) is 50.4 Å². The highest BCUT2D eigenvalue weighted by molar-refractivity contribution is 5.99. The number of nitrogens with one attached hydrogen (secondary N) is 2. The van der Waals surface area contributed by atoms with Gasteiger partial charge in [-0.15, -0.1) is 0 Å². The summed E-state index contributed by atoms with van der Waals surface area (Å²) in [5.74, 6) is 1.01. The van der Waals surface area contributed by atoms with Gasteiger partial charge in [-0.25, -0.2) is 0 Å². The fourth-order valence-corrected chi connectivity index (χ4v) is 4.38. The summed E-state index contributed by atoms with van der Waals surface area (Å²) in [4.78, 5) is 31.0. The second-order valence-corrected chi connectivity index (χ2v) is 8.88. The first-order chi connectivity index (χ1) is 16.5. The summed E-state index contributed by atoms with van der Waals surface area (Å²) in [6, 6.07) is 3.58. The van der Waals surface area contributed by atoms with Crippen molar-refractivity contribution in [2.24, 2.45) is 10.7 Å². The lowest BCUT2D eigenvalue weighted by Crippen LogP contribution is -2.41. The highest BCUT2D eigenvalue weighted by Crippen LogP contribution is 2.36. The van der Waals surface area contributed by atoms with E-state index in [1.54, 1.807) is 13.1 Å². The SMILES string of the molecule is CN=C(N)N[C@H](CCCC(=O)CC(=O)CCc1ccc(O)c2c1CCCO2)CCN1C=CNC1. The molecule has 1 aromatic rings. The average molecular weight is 472 g/mol. The first-order valence-electron chi connectivity index (χ1n) is 12.1. The molecule has 2 aliphatic rings.